The first kappa shape index (κ1) is 20.2. The standard InChI is InChI=1S/C19H17ClN4O5/c1-11-17(20)18(22-23(11)2)19(25)21-12-8-13(24(26)27)10-16(9-12)29-15-6-4-14(28-3)5-7-15/h4-10H,1-3H3,(H,21,25). The van der Waals surface area contributed by atoms with Crippen LogP contribution in [0.3, 0.4) is 0 Å². The SMILES string of the molecule is COc1ccc(Oc2cc(NC(=O)c3nn(C)c(C)c3Cl)cc([N+](=O)[O-])c2)cc1. The number of carbonyl (C=O) groups is 1. The van der Waals surface area contributed by atoms with Crippen molar-refractivity contribution >= 4 is 28.9 Å². The van der Waals surface area contributed by atoms with Crippen molar-refractivity contribution in [2.75, 3.05) is 12.4 Å². The number of hydrogen-bond donors (Lipinski definition) is 1. The number of hydrogen-bond acceptors (Lipinski definition) is 6. The van der Waals surface area contributed by atoms with Crippen LogP contribution in [0.1, 0.15) is 16.2 Å². The van der Waals surface area contributed by atoms with Crippen molar-refractivity contribution in [2.24, 2.45) is 7.05 Å². The van der Waals surface area contributed by atoms with Gasteiger partial charge in [-0.2, -0.15) is 5.10 Å². The molecule has 3 aromatic rings. The van der Waals surface area contributed by atoms with E-state index in [2.05, 4.69) is 10.4 Å². The normalized spacial score (nSPS) is 10.5. The molecule has 0 saturated heterocycles. The lowest BCUT2D eigenvalue weighted by Gasteiger charge is -2.09. The van der Waals surface area contributed by atoms with Crippen LogP contribution < -0.4 is 14.8 Å². The number of benzene rings is 2. The molecule has 0 spiro atoms. The monoisotopic (exact) mass is 416 g/mol. The number of non-ortho nitro benzene ring substituents is 1. The van der Waals surface area contributed by atoms with Gasteiger partial charge in [0.05, 0.1) is 34.5 Å². The van der Waals surface area contributed by atoms with E-state index in [9.17, 15) is 14.9 Å². The van der Waals surface area contributed by atoms with Crippen molar-refractivity contribution in [3.63, 3.8) is 0 Å². The van der Waals surface area contributed by atoms with Gasteiger partial charge >= 0.3 is 0 Å². The predicted octanol–water partition coefficient (Wildman–Crippen LogP) is 4.34. The molecule has 1 heterocycles. The van der Waals surface area contributed by atoms with Crippen LogP contribution >= 0.6 is 11.6 Å². The van der Waals surface area contributed by atoms with Crippen molar-refractivity contribution in [2.45, 2.75) is 6.92 Å². The highest BCUT2D eigenvalue weighted by Gasteiger charge is 2.20. The molecule has 0 saturated carbocycles. The Morgan fingerprint density at radius 2 is 1.83 bits per heavy atom. The van der Waals surface area contributed by atoms with Gasteiger partial charge in [0.2, 0.25) is 0 Å². The molecule has 2 aromatic carbocycles. The molecule has 0 radical (unpaired) electrons. The Balaban J connectivity index is 1.88. The molecule has 10 heteroatoms. The molecule has 29 heavy (non-hydrogen) atoms. The maximum atomic E-state index is 12.5. The van der Waals surface area contributed by atoms with Gasteiger partial charge in [-0.15, -0.1) is 0 Å². The molecule has 0 aliphatic carbocycles. The van der Waals surface area contributed by atoms with Crippen LogP contribution in [0, 0.1) is 17.0 Å². The lowest BCUT2D eigenvalue weighted by atomic mass is 10.2. The zero-order valence-corrected chi connectivity index (χ0v) is 16.6. The number of carbonyl (C=O) groups excluding carboxylic acids is 1. The highest BCUT2D eigenvalue weighted by atomic mass is 35.5. The van der Waals surface area contributed by atoms with Crippen LogP contribution in [0.4, 0.5) is 11.4 Å². The van der Waals surface area contributed by atoms with Crippen LogP contribution in [-0.4, -0.2) is 27.7 Å². The maximum absolute atomic E-state index is 12.5. The number of aromatic nitrogens is 2. The Morgan fingerprint density at radius 1 is 1.17 bits per heavy atom. The first-order valence-electron chi connectivity index (χ1n) is 8.40. The minimum atomic E-state index is -0.588. The predicted molar refractivity (Wildman–Crippen MR) is 107 cm³/mol. The number of nitro groups is 1. The van der Waals surface area contributed by atoms with Gasteiger partial charge in [-0.1, -0.05) is 11.6 Å². The Kier molecular flexibility index (Phi) is 5.69. The topological polar surface area (TPSA) is 109 Å². The van der Waals surface area contributed by atoms with Crippen molar-refractivity contribution in [3.8, 4) is 17.2 Å². The molecule has 1 N–H and O–H groups in total. The largest absolute Gasteiger partial charge is 0.497 e. The van der Waals surface area contributed by atoms with E-state index in [1.807, 2.05) is 0 Å². The summed E-state index contributed by atoms with van der Waals surface area (Å²) >= 11 is 6.13. The highest BCUT2D eigenvalue weighted by Crippen LogP contribution is 2.31. The number of anilines is 1. The molecule has 0 aliphatic heterocycles. The van der Waals surface area contributed by atoms with Crippen molar-refractivity contribution in [3.05, 3.63) is 69.0 Å². The number of nitrogens with one attached hydrogen (secondary N) is 1. The number of methoxy groups -OCH3 is 1. The lowest BCUT2D eigenvalue weighted by Crippen LogP contribution is -2.13. The second-order valence-corrected chi connectivity index (χ2v) is 6.45. The third kappa shape index (κ3) is 4.46. The third-order valence-corrected chi connectivity index (χ3v) is 4.58. The van der Waals surface area contributed by atoms with Crippen LogP contribution in [0.15, 0.2) is 42.5 Å². The zero-order valence-electron chi connectivity index (χ0n) is 15.8. The Labute approximate surface area is 171 Å². The zero-order chi connectivity index (χ0) is 21.1. The summed E-state index contributed by atoms with van der Waals surface area (Å²) in [6.45, 7) is 1.72. The molecule has 0 unspecified atom stereocenters. The van der Waals surface area contributed by atoms with Crippen molar-refractivity contribution in [1.29, 1.82) is 0 Å². The highest BCUT2D eigenvalue weighted by molar-refractivity contribution is 6.34. The molecule has 3 rings (SSSR count). The Hall–Kier alpha value is -3.59. The molecule has 0 fully saturated rings. The Bertz CT molecular complexity index is 1080. The van der Waals surface area contributed by atoms with E-state index in [0.29, 0.717) is 17.2 Å². The molecule has 0 aliphatic rings. The quantitative estimate of drug-likeness (QED) is 0.472. The molecular formula is C19H17ClN4O5. The fraction of sp³-hybridized carbons (Fsp3) is 0.158. The molecule has 0 atom stereocenters. The van der Waals surface area contributed by atoms with Gasteiger partial charge in [0, 0.05) is 19.2 Å². The van der Waals surface area contributed by atoms with Crippen LogP contribution in [0.25, 0.3) is 0 Å². The number of rotatable bonds is 6. The first-order valence-corrected chi connectivity index (χ1v) is 8.78. The summed E-state index contributed by atoms with van der Waals surface area (Å²) in [5.74, 6) is 0.691. The fourth-order valence-electron chi connectivity index (χ4n) is 2.52. The van der Waals surface area contributed by atoms with Crippen LogP contribution in [0.2, 0.25) is 5.02 Å². The first-order chi connectivity index (χ1) is 13.8. The van der Waals surface area contributed by atoms with E-state index in [1.165, 1.54) is 22.9 Å². The second kappa shape index (κ2) is 8.19. The maximum Gasteiger partial charge on any atom is 0.277 e. The Morgan fingerprint density at radius 3 is 2.38 bits per heavy atom. The molecule has 1 aromatic heterocycles. The number of aryl methyl sites for hydroxylation is 1. The van der Waals surface area contributed by atoms with Gasteiger partial charge < -0.3 is 14.8 Å². The summed E-state index contributed by atoms with van der Waals surface area (Å²) < 4.78 is 12.2. The van der Waals surface area contributed by atoms with Gasteiger partial charge in [0.15, 0.2) is 5.69 Å². The third-order valence-electron chi connectivity index (χ3n) is 4.13. The van der Waals surface area contributed by atoms with Gasteiger partial charge in [-0.05, 0) is 31.2 Å². The smallest absolute Gasteiger partial charge is 0.277 e. The summed E-state index contributed by atoms with van der Waals surface area (Å²) in [5, 5.41) is 18.1. The lowest BCUT2D eigenvalue weighted by molar-refractivity contribution is -0.384. The average molecular weight is 417 g/mol. The van der Waals surface area contributed by atoms with Gasteiger partial charge in [0.25, 0.3) is 11.6 Å². The summed E-state index contributed by atoms with van der Waals surface area (Å²) in [6.07, 6.45) is 0. The number of amides is 1. The van der Waals surface area contributed by atoms with E-state index < -0.39 is 10.8 Å². The fourth-order valence-corrected chi connectivity index (χ4v) is 2.76. The van der Waals surface area contributed by atoms with Crippen LogP contribution in [0.5, 0.6) is 17.2 Å². The van der Waals surface area contributed by atoms with E-state index in [1.54, 1.807) is 45.3 Å². The summed E-state index contributed by atoms with van der Waals surface area (Å²) in [7, 11) is 3.20. The molecule has 0 bridgehead atoms. The number of ether oxygens (including phenoxy) is 2. The van der Waals surface area contributed by atoms with E-state index in [-0.39, 0.29) is 27.8 Å². The van der Waals surface area contributed by atoms with Crippen molar-refractivity contribution < 1.29 is 19.2 Å². The van der Waals surface area contributed by atoms with Crippen molar-refractivity contribution in [1.82, 2.24) is 9.78 Å². The summed E-state index contributed by atoms with van der Waals surface area (Å²) in [6, 6.07) is 10.7. The van der Waals surface area contributed by atoms with Crippen LogP contribution in [-0.2, 0) is 7.05 Å². The minimum absolute atomic E-state index is 0.0239. The number of halogens is 1. The van der Waals surface area contributed by atoms with Gasteiger partial charge in [-0.3, -0.25) is 19.6 Å². The number of nitro benzene ring substituents is 1. The molecule has 1 amide bonds. The molecule has 9 nitrogen and oxygen atoms in total. The number of nitrogens with zero attached hydrogens (tertiary/aromatic N) is 3. The average Bonchev–Trinajstić information content (AvgIpc) is 2.96. The van der Waals surface area contributed by atoms with E-state index >= 15 is 0 Å². The van der Waals surface area contributed by atoms with E-state index in [0.717, 1.165) is 0 Å². The summed E-state index contributed by atoms with van der Waals surface area (Å²) in [5.41, 5.74) is 0.580. The summed E-state index contributed by atoms with van der Waals surface area (Å²) in [4.78, 5) is 23.2. The van der Waals surface area contributed by atoms with E-state index in [4.69, 9.17) is 21.1 Å². The molecule has 150 valence electrons. The molecular weight excluding hydrogens is 400 g/mol. The second-order valence-electron chi connectivity index (χ2n) is 6.08. The minimum Gasteiger partial charge on any atom is -0.497 e. The van der Waals surface area contributed by atoms with Gasteiger partial charge in [-0.25, -0.2) is 0 Å². The van der Waals surface area contributed by atoms with Gasteiger partial charge in [0.1, 0.15) is 17.2 Å².